The van der Waals surface area contributed by atoms with Gasteiger partial charge < -0.3 is 15.0 Å². The monoisotopic (exact) mass is 396 g/mol. The molecule has 0 saturated carbocycles. The van der Waals surface area contributed by atoms with Gasteiger partial charge in [-0.1, -0.05) is 30.8 Å². The number of methoxy groups -OCH3 is 1. The van der Waals surface area contributed by atoms with Crippen LogP contribution < -0.4 is 15.0 Å². The summed E-state index contributed by atoms with van der Waals surface area (Å²) in [4.78, 5) is 28.4. The second kappa shape index (κ2) is 8.52. The Morgan fingerprint density at radius 3 is 2.61 bits per heavy atom. The number of likely N-dealkylation sites (N-methyl/N-ethyl adjacent to an activating group) is 1. The van der Waals surface area contributed by atoms with E-state index in [4.69, 9.17) is 4.74 Å². The van der Waals surface area contributed by atoms with E-state index in [1.54, 1.807) is 31.2 Å². The highest BCUT2D eigenvalue weighted by Gasteiger charge is 2.27. The summed E-state index contributed by atoms with van der Waals surface area (Å²) in [6, 6.07) is 13.1. The van der Waals surface area contributed by atoms with Crippen LogP contribution in [0.2, 0.25) is 0 Å². The number of nitrogens with one attached hydrogen (secondary N) is 1. The van der Waals surface area contributed by atoms with E-state index in [-0.39, 0.29) is 17.9 Å². The van der Waals surface area contributed by atoms with Gasteiger partial charge in [0.15, 0.2) is 0 Å². The molecule has 0 bridgehead atoms. The van der Waals surface area contributed by atoms with E-state index in [1.807, 2.05) is 50.3 Å². The van der Waals surface area contributed by atoms with Crippen molar-refractivity contribution in [2.45, 2.75) is 31.2 Å². The Balaban J connectivity index is 1.87. The summed E-state index contributed by atoms with van der Waals surface area (Å²) in [6.07, 6.45) is 2.74. The van der Waals surface area contributed by atoms with Crippen molar-refractivity contribution in [1.29, 1.82) is 0 Å². The average molecular weight is 397 g/mol. The Morgan fingerprint density at radius 1 is 1.25 bits per heavy atom. The second-order valence-corrected chi connectivity index (χ2v) is 7.80. The summed E-state index contributed by atoms with van der Waals surface area (Å²) >= 11 is 1.42. The van der Waals surface area contributed by atoms with Gasteiger partial charge in [0, 0.05) is 23.5 Å². The van der Waals surface area contributed by atoms with Gasteiger partial charge in [-0.05, 0) is 55.3 Å². The molecule has 1 atom stereocenters. The molecule has 2 aromatic rings. The third-order valence-electron chi connectivity index (χ3n) is 4.72. The van der Waals surface area contributed by atoms with Crippen molar-refractivity contribution in [2.75, 3.05) is 19.1 Å². The molecule has 5 nitrogen and oxygen atoms in total. The molecule has 0 spiro atoms. The van der Waals surface area contributed by atoms with Gasteiger partial charge >= 0.3 is 0 Å². The van der Waals surface area contributed by atoms with E-state index in [2.05, 4.69) is 5.32 Å². The smallest absolute Gasteiger partial charge is 0.264 e. The molecule has 3 rings (SSSR count). The number of amides is 2. The summed E-state index contributed by atoms with van der Waals surface area (Å²) in [6.45, 7) is 4.00. The lowest BCUT2D eigenvalue weighted by Gasteiger charge is -2.27. The maximum Gasteiger partial charge on any atom is 0.264 e. The molecule has 1 aliphatic heterocycles. The fourth-order valence-corrected chi connectivity index (χ4v) is 3.89. The first kappa shape index (κ1) is 20.0. The molecule has 28 heavy (non-hydrogen) atoms. The highest BCUT2D eigenvalue weighted by molar-refractivity contribution is 8.04. The molecule has 1 unspecified atom stereocenters. The van der Waals surface area contributed by atoms with Crippen LogP contribution in [0.15, 0.2) is 52.3 Å². The summed E-state index contributed by atoms with van der Waals surface area (Å²) < 4.78 is 5.17. The fourth-order valence-electron chi connectivity index (χ4n) is 2.80. The van der Waals surface area contributed by atoms with E-state index >= 15 is 0 Å². The fraction of sp³-hybridized carbons (Fsp3) is 0.273. The zero-order chi connectivity index (χ0) is 20.3. The Hall–Kier alpha value is -2.73. The number of fused-ring (bicyclic) bond motifs is 1. The molecule has 0 radical (unpaired) electrons. The number of rotatable bonds is 5. The lowest BCUT2D eigenvalue weighted by Crippen LogP contribution is -2.33. The lowest BCUT2D eigenvalue weighted by atomic mass is 10.1. The molecule has 1 N–H and O–H groups in total. The first-order valence-electron chi connectivity index (χ1n) is 9.19. The molecule has 0 aromatic heterocycles. The van der Waals surface area contributed by atoms with Crippen molar-refractivity contribution < 1.29 is 14.3 Å². The van der Waals surface area contributed by atoms with Crippen molar-refractivity contribution >= 4 is 35.3 Å². The lowest BCUT2D eigenvalue weighted by molar-refractivity contribution is -0.114. The number of hydrogen-bond acceptors (Lipinski definition) is 4. The predicted molar refractivity (Wildman–Crippen MR) is 114 cm³/mol. The quantitative estimate of drug-likeness (QED) is 0.764. The first-order valence-corrected chi connectivity index (χ1v) is 10.0. The minimum atomic E-state index is -0.123. The zero-order valence-electron chi connectivity index (χ0n) is 16.5. The average Bonchev–Trinajstić information content (AvgIpc) is 2.72. The summed E-state index contributed by atoms with van der Waals surface area (Å²) in [5.74, 6) is 0.561. The van der Waals surface area contributed by atoms with E-state index in [1.165, 1.54) is 11.8 Å². The Morgan fingerprint density at radius 2 is 1.96 bits per heavy atom. The maximum atomic E-state index is 12.8. The van der Waals surface area contributed by atoms with Crippen LogP contribution in [0.1, 0.15) is 36.2 Å². The van der Waals surface area contributed by atoms with Gasteiger partial charge in [-0.25, -0.2) is 0 Å². The molecule has 146 valence electrons. The molecule has 2 aromatic carbocycles. The van der Waals surface area contributed by atoms with E-state index in [0.717, 1.165) is 28.3 Å². The van der Waals surface area contributed by atoms with Gasteiger partial charge in [0.05, 0.1) is 17.7 Å². The SMILES string of the molecule is CCC(C)NC(=O)c1ccc2c(c1)N(C)C(=O)C(=Cc1ccc(OC)cc1)S2. The highest BCUT2D eigenvalue weighted by Crippen LogP contribution is 2.42. The highest BCUT2D eigenvalue weighted by atomic mass is 32.2. The number of hydrogen-bond donors (Lipinski definition) is 1. The van der Waals surface area contributed by atoms with E-state index in [9.17, 15) is 9.59 Å². The van der Waals surface area contributed by atoms with Crippen LogP contribution in [0.5, 0.6) is 5.75 Å². The second-order valence-electron chi connectivity index (χ2n) is 6.71. The molecule has 1 heterocycles. The standard InChI is InChI=1S/C22H24N2O3S/c1-5-14(2)23-21(25)16-8-11-19-18(13-16)24(3)22(26)20(28-19)12-15-6-9-17(27-4)10-7-15/h6-14H,5H2,1-4H3,(H,23,25). The molecule has 0 aliphatic carbocycles. The van der Waals surface area contributed by atoms with Gasteiger partial charge in [-0.2, -0.15) is 0 Å². The van der Waals surface area contributed by atoms with Gasteiger partial charge in [-0.3, -0.25) is 9.59 Å². The number of carbonyl (C=O) groups is 2. The Labute approximate surface area is 169 Å². The van der Waals surface area contributed by atoms with Gasteiger partial charge in [0.25, 0.3) is 11.8 Å². The molecule has 2 amide bonds. The summed E-state index contributed by atoms with van der Waals surface area (Å²) in [5.41, 5.74) is 2.23. The van der Waals surface area contributed by atoms with Crippen LogP contribution in [0.25, 0.3) is 6.08 Å². The molecule has 1 aliphatic rings. The third-order valence-corrected chi connectivity index (χ3v) is 5.80. The van der Waals surface area contributed by atoms with Crippen LogP contribution >= 0.6 is 11.8 Å². The summed E-state index contributed by atoms with van der Waals surface area (Å²) in [7, 11) is 3.36. The minimum absolute atomic E-state index is 0.0900. The van der Waals surface area contributed by atoms with Crippen LogP contribution in [0, 0.1) is 0 Å². The van der Waals surface area contributed by atoms with Crippen LogP contribution in [0.3, 0.4) is 0 Å². The maximum absolute atomic E-state index is 12.8. The number of carbonyl (C=O) groups excluding carboxylic acids is 2. The van der Waals surface area contributed by atoms with Crippen molar-refractivity contribution in [3.8, 4) is 5.75 Å². The minimum Gasteiger partial charge on any atom is -0.497 e. The van der Waals surface area contributed by atoms with Gasteiger partial charge in [0.1, 0.15) is 5.75 Å². The predicted octanol–water partition coefficient (Wildman–Crippen LogP) is 4.33. The molecular formula is C22H24N2O3S. The zero-order valence-corrected chi connectivity index (χ0v) is 17.3. The number of benzene rings is 2. The summed E-state index contributed by atoms with van der Waals surface area (Å²) in [5, 5.41) is 2.96. The topological polar surface area (TPSA) is 58.6 Å². The number of ether oxygens (including phenoxy) is 1. The van der Waals surface area contributed by atoms with Crippen molar-refractivity contribution in [2.24, 2.45) is 0 Å². The number of nitrogens with zero attached hydrogens (tertiary/aromatic N) is 1. The molecule has 0 saturated heterocycles. The van der Waals surface area contributed by atoms with Crippen molar-refractivity contribution in [3.63, 3.8) is 0 Å². The normalized spacial score (nSPS) is 15.9. The van der Waals surface area contributed by atoms with Crippen LogP contribution in [-0.2, 0) is 4.79 Å². The van der Waals surface area contributed by atoms with Gasteiger partial charge in [0.2, 0.25) is 0 Å². The largest absolute Gasteiger partial charge is 0.497 e. The molecule has 6 heteroatoms. The van der Waals surface area contributed by atoms with Crippen LogP contribution in [0.4, 0.5) is 5.69 Å². The van der Waals surface area contributed by atoms with Crippen molar-refractivity contribution in [3.05, 3.63) is 58.5 Å². The third kappa shape index (κ3) is 4.22. The van der Waals surface area contributed by atoms with Crippen molar-refractivity contribution in [1.82, 2.24) is 5.32 Å². The molecular weight excluding hydrogens is 372 g/mol. The number of thioether (sulfide) groups is 1. The Kier molecular flexibility index (Phi) is 6.09. The number of anilines is 1. The molecule has 0 fully saturated rings. The Bertz CT molecular complexity index is 922. The van der Waals surface area contributed by atoms with Crippen LogP contribution in [-0.4, -0.2) is 32.0 Å². The van der Waals surface area contributed by atoms with Gasteiger partial charge in [-0.15, -0.1) is 0 Å². The van der Waals surface area contributed by atoms with E-state index < -0.39 is 0 Å². The first-order chi connectivity index (χ1) is 13.4. The van der Waals surface area contributed by atoms with E-state index in [0.29, 0.717) is 10.5 Å².